The Morgan fingerprint density at radius 1 is 1.45 bits per heavy atom. The van der Waals surface area contributed by atoms with Crippen molar-refractivity contribution in [2.45, 2.75) is 24.9 Å². The molecule has 1 aliphatic rings. The van der Waals surface area contributed by atoms with E-state index >= 15 is 0 Å². The van der Waals surface area contributed by atoms with Gasteiger partial charge in [0.25, 0.3) is 0 Å². The fourth-order valence-corrected chi connectivity index (χ4v) is 3.30. The lowest BCUT2D eigenvalue weighted by Gasteiger charge is -2.52. The molecule has 1 aromatic carbocycles. The molecule has 0 spiro atoms. The minimum absolute atomic E-state index is 0.269. The second-order valence-corrected chi connectivity index (χ2v) is 5.31. The van der Waals surface area contributed by atoms with Gasteiger partial charge in [0.15, 0.2) is 0 Å². The Bertz CT molecular complexity index is 575. The van der Waals surface area contributed by atoms with Gasteiger partial charge in [-0.15, -0.1) is 0 Å². The van der Waals surface area contributed by atoms with E-state index in [4.69, 9.17) is 15.2 Å². The molecule has 1 unspecified atom stereocenters. The Labute approximate surface area is 130 Å². The van der Waals surface area contributed by atoms with E-state index in [9.17, 15) is 9.59 Å². The zero-order chi connectivity index (χ0) is 16.3. The highest BCUT2D eigenvalue weighted by Crippen LogP contribution is 2.51. The summed E-state index contributed by atoms with van der Waals surface area (Å²) in [4.78, 5) is 24.5. The van der Waals surface area contributed by atoms with Gasteiger partial charge in [0.05, 0.1) is 19.1 Å². The highest BCUT2D eigenvalue weighted by atomic mass is 16.5. The van der Waals surface area contributed by atoms with Gasteiger partial charge in [-0.25, -0.2) is 0 Å². The molecular formula is C16H22N2O4. The number of hydrogen-bond acceptors (Lipinski definition) is 4. The van der Waals surface area contributed by atoms with Crippen molar-refractivity contribution in [2.24, 2.45) is 11.7 Å². The van der Waals surface area contributed by atoms with Crippen LogP contribution in [0.15, 0.2) is 24.3 Å². The summed E-state index contributed by atoms with van der Waals surface area (Å²) in [7, 11) is 3.10. The number of hydrogen-bond donors (Lipinski definition) is 2. The minimum atomic E-state index is -1.11. The third-order valence-electron chi connectivity index (χ3n) is 4.37. The van der Waals surface area contributed by atoms with Crippen LogP contribution in [-0.4, -0.2) is 38.7 Å². The number of nitrogens with two attached hydrogens (primary N) is 1. The number of nitrogens with one attached hydrogen (secondary N) is 1. The molecule has 0 bridgehead atoms. The average molecular weight is 306 g/mol. The maximum atomic E-state index is 12.7. The molecule has 1 fully saturated rings. The summed E-state index contributed by atoms with van der Waals surface area (Å²) in [6.07, 6.45) is 0.0513. The Hall–Kier alpha value is -2.08. The maximum absolute atomic E-state index is 12.7. The topological polar surface area (TPSA) is 90.7 Å². The monoisotopic (exact) mass is 306 g/mol. The molecule has 6 nitrogen and oxygen atoms in total. The Morgan fingerprint density at radius 3 is 2.73 bits per heavy atom. The fraction of sp³-hybridized carbons (Fsp3) is 0.500. The third-order valence-corrected chi connectivity index (χ3v) is 4.37. The van der Waals surface area contributed by atoms with Crippen LogP contribution in [-0.2, 0) is 19.7 Å². The van der Waals surface area contributed by atoms with Gasteiger partial charge in [-0.05, 0) is 31.0 Å². The van der Waals surface area contributed by atoms with Gasteiger partial charge in [-0.1, -0.05) is 12.1 Å². The van der Waals surface area contributed by atoms with Crippen LogP contribution in [0.25, 0.3) is 0 Å². The fourth-order valence-electron chi connectivity index (χ4n) is 3.30. The molecule has 120 valence electrons. The first-order valence-corrected chi connectivity index (χ1v) is 7.29. The molecule has 2 amide bonds. The van der Waals surface area contributed by atoms with Crippen LogP contribution >= 0.6 is 0 Å². The summed E-state index contributed by atoms with van der Waals surface area (Å²) < 4.78 is 10.9. The molecule has 22 heavy (non-hydrogen) atoms. The molecular weight excluding hydrogens is 284 g/mol. The minimum Gasteiger partial charge on any atom is -0.497 e. The smallest absolute Gasteiger partial charge is 0.233 e. The SMILES string of the molecule is CCO[C@H]1CC(C(N)=O)[C@@]1(C(=O)NC)c1cccc(OC)c1. The van der Waals surface area contributed by atoms with E-state index in [-0.39, 0.29) is 12.0 Å². The van der Waals surface area contributed by atoms with E-state index in [0.717, 1.165) is 0 Å². The summed E-state index contributed by atoms with van der Waals surface area (Å²) >= 11 is 0. The van der Waals surface area contributed by atoms with Crippen molar-refractivity contribution < 1.29 is 19.1 Å². The molecule has 2 rings (SSSR count). The van der Waals surface area contributed by atoms with Gasteiger partial charge in [0.2, 0.25) is 11.8 Å². The van der Waals surface area contributed by atoms with Gasteiger partial charge < -0.3 is 20.5 Å². The van der Waals surface area contributed by atoms with E-state index in [2.05, 4.69) is 5.32 Å². The second kappa shape index (κ2) is 6.36. The Kier molecular flexibility index (Phi) is 4.71. The zero-order valence-electron chi connectivity index (χ0n) is 13.1. The van der Waals surface area contributed by atoms with Crippen molar-refractivity contribution in [1.82, 2.24) is 5.32 Å². The van der Waals surface area contributed by atoms with E-state index < -0.39 is 17.2 Å². The number of amides is 2. The number of rotatable bonds is 6. The Morgan fingerprint density at radius 2 is 2.18 bits per heavy atom. The zero-order valence-corrected chi connectivity index (χ0v) is 13.1. The molecule has 1 saturated carbocycles. The van der Waals surface area contributed by atoms with E-state index in [0.29, 0.717) is 24.3 Å². The summed E-state index contributed by atoms with van der Waals surface area (Å²) in [5, 5.41) is 2.65. The first-order valence-electron chi connectivity index (χ1n) is 7.29. The van der Waals surface area contributed by atoms with Crippen LogP contribution in [0.1, 0.15) is 18.9 Å². The predicted molar refractivity (Wildman–Crippen MR) is 81.5 cm³/mol. The van der Waals surface area contributed by atoms with Crippen molar-refractivity contribution in [3.8, 4) is 5.75 Å². The molecule has 0 saturated heterocycles. The van der Waals surface area contributed by atoms with Gasteiger partial charge in [-0.3, -0.25) is 9.59 Å². The first-order chi connectivity index (χ1) is 10.5. The summed E-state index contributed by atoms with van der Waals surface area (Å²) in [5.41, 5.74) is 5.10. The van der Waals surface area contributed by atoms with Crippen LogP contribution in [0.4, 0.5) is 0 Å². The molecule has 6 heteroatoms. The van der Waals surface area contributed by atoms with Gasteiger partial charge in [0, 0.05) is 13.7 Å². The molecule has 3 atom stereocenters. The van der Waals surface area contributed by atoms with Gasteiger partial charge >= 0.3 is 0 Å². The molecule has 0 radical (unpaired) electrons. The number of methoxy groups -OCH3 is 1. The second-order valence-electron chi connectivity index (χ2n) is 5.31. The van der Waals surface area contributed by atoms with Crippen molar-refractivity contribution >= 4 is 11.8 Å². The molecule has 1 aliphatic carbocycles. The van der Waals surface area contributed by atoms with Crippen molar-refractivity contribution in [2.75, 3.05) is 20.8 Å². The van der Waals surface area contributed by atoms with Gasteiger partial charge in [-0.2, -0.15) is 0 Å². The largest absolute Gasteiger partial charge is 0.497 e. The highest BCUT2D eigenvalue weighted by Gasteiger charge is 2.64. The molecule has 0 heterocycles. The van der Waals surface area contributed by atoms with Crippen molar-refractivity contribution in [3.05, 3.63) is 29.8 Å². The van der Waals surface area contributed by atoms with E-state index in [1.807, 2.05) is 6.92 Å². The maximum Gasteiger partial charge on any atom is 0.233 e. The van der Waals surface area contributed by atoms with Crippen molar-refractivity contribution in [1.29, 1.82) is 0 Å². The number of likely N-dealkylation sites (N-methyl/N-ethyl adjacent to an activating group) is 1. The van der Waals surface area contributed by atoms with Crippen molar-refractivity contribution in [3.63, 3.8) is 0 Å². The number of ether oxygens (including phenoxy) is 2. The third kappa shape index (κ3) is 2.33. The van der Waals surface area contributed by atoms with Crippen LogP contribution in [0.5, 0.6) is 5.75 Å². The van der Waals surface area contributed by atoms with E-state index in [1.165, 1.54) is 0 Å². The molecule has 0 aliphatic heterocycles. The van der Waals surface area contributed by atoms with Crippen LogP contribution < -0.4 is 15.8 Å². The molecule has 3 N–H and O–H groups in total. The van der Waals surface area contributed by atoms with Crippen LogP contribution in [0, 0.1) is 5.92 Å². The number of primary amides is 1. The number of carbonyl (C=O) groups is 2. The number of benzene rings is 1. The van der Waals surface area contributed by atoms with Gasteiger partial charge in [0.1, 0.15) is 11.2 Å². The lowest BCUT2D eigenvalue weighted by Crippen LogP contribution is -2.68. The quantitative estimate of drug-likeness (QED) is 0.805. The van der Waals surface area contributed by atoms with Crippen LogP contribution in [0.3, 0.4) is 0 Å². The molecule has 0 aromatic heterocycles. The normalized spacial score (nSPS) is 26.9. The Balaban J connectivity index is 2.58. The van der Waals surface area contributed by atoms with E-state index in [1.54, 1.807) is 38.4 Å². The summed E-state index contributed by atoms with van der Waals surface area (Å²) in [5.74, 6) is -0.751. The molecule has 1 aromatic rings. The highest BCUT2D eigenvalue weighted by molar-refractivity contribution is 5.97. The van der Waals surface area contributed by atoms with Crippen LogP contribution in [0.2, 0.25) is 0 Å². The first kappa shape index (κ1) is 16.3. The standard InChI is InChI=1S/C16H22N2O4/c1-4-22-13-9-12(14(17)19)16(13,15(20)18-2)10-6-5-7-11(8-10)21-3/h5-8,12-13H,4,9H2,1-3H3,(H2,17,19)(H,18,20)/t12?,13-,16-/m0/s1. The lowest BCUT2D eigenvalue weighted by molar-refractivity contribution is -0.163. The summed E-state index contributed by atoms with van der Waals surface area (Å²) in [6, 6.07) is 7.14. The summed E-state index contributed by atoms with van der Waals surface area (Å²) in [6.45, 7) is 2.32. The number of carbonyl (C=O) groups excluding carboxylic acids is 2. The lowest BCUT2D eigenvalue weighted by atomic mass is 9.53. The average Bonchev–Trinajstić information content (AvgIpc) is 2.51. The predicted octanol–water partition coefficient (Wildman–Crippen LogP) is 0.589.